The summed E-state index contributed by atoms with van der Waals surface area (Å²) in [7, 11) is 1.87. The van der Waals surface area contributed by atoms with Crippen molar-refractivity contribution in [3.63, 3.8) is 0 Å². The first-order valence-electron chi connectivity index (χ1n) is 6.12. The van der Waals surface area contributed by atoms with Gasteiger partial charge in [-0.15, -0.1) is 0 Å². The van der Waals surface area contributed by atoms with E-state index in [-0.39, 0.29) is 0 Å². The predicted octanol–water partition coefficient (Wildman–Crippen LogP) is 2.08. The lowest BCUT2D eigenvalue weighted by molar-refractivity contribution is 0.0698. The summed E-state index contributed by atoms with van der Waals surface area (Å²) in [6.07, 6.45) is 2.65. The molecule has 1 aromatic heterocycles. The van der Waals surface area contributed by atoms with E-state index in [1.807, 2.05) is 32.3 Å². The molecule has 1 aromatic carbocycles. The lowest BCUT2D eigenvalue weighted by Crippen LogP contribution is -2.10. The van der Waals surface area contributed by atoms with Crippen molar-refractivity contribution in [2.45, 2.75) is 13.3 Å². The highest BCUT2D eigenvalue weighted by Gasteiger charge is 2.09. The zero-order chi connectivity index (χ0) is 13.8. The van der Waals surface area contributed by atoms with Gasteiger partial charge in [-0.25, -0.2) is 4.79 Å². The van der Waals surface area contributed by atoms with Crippen LogP contribution in [0.3, 0.4) is 0 Å². The molecule has 2 N–H and O–H groups in total. The summed E-state index contributed by atoms with van der Waals surface area (Å²) in [4.78, 5) is 11.2. The van der Waals surface area contributed by atoms with Crippen LogP contribution < -0.4 is 5.32 Å². The van der Waals surface area contributed by atoms with E-state index >= 15 is 0 Å². The number of nitrogens with zero attached hydrogens (tertiary/aromatic N) is 2. The van der Waals surface area contributed by atoms with Crippen LogP contribution in [-0.2, 0) is 13.5 Å². The van der Waals surface area contributed by atoms with E-state index in [4.69, 9.17) is 5.11 Å². The van der Waals surface area contributed by atoms with Gasteiger partial charge in [0.25, 0.3) is 0 Å². The number of rotatable bonds is 5. The Morgan fingerprint density at radius 3 is 2.84 bits per heavy atom. The normalized spacial score (nSPS) is 10.4. The molecule has 0 amide bonds. The number of hydrogen-bond acceptors (Lipinski definition) is 3. The number of nitrogens with one attached hydrogen (secondary N) is 1. The maximum absolute atomic E-state index is 11.2. The fourth-order valence-electron chi connectivity index (χ4n) is 1.91. The number of carboxylic acids is 1. The van der Waals surface area contributed by atoms with Crippen LogP contribution in [0, 0.1) is 6.92 Å². The summed E-state index contributed by atoms with van der Waals surface area (Å²) in [6.45, 7) is 2.53. The van der Waals surface area contributed by atoms with Gasteiger partial charge in [-0.05, 0) is 25.1 Å². The Hall–Kier alpha value is -2.30. The first kappa shape index (κ1) is 13.1. The molecule has 5 nitrogen and oxygen atoms in total. The second-order valence-electron chi connectivity index (χ2n) is 4.51. The lowest BCUT2D eigenvalue weighted by atomic mass is 10.1. The number of aryl methyl sites for hydroxylation is 2. The van der Waals surface area contributed by atoms with Crippen LogP contribution in [0.15, 0.2) is 30.5 Å². The van der Waals surface area contributed by atoms with Crippen molar-refractivity contribution in [1.82, 2.24) is 9.78 Å². The molecule has 0 saturated carbocycles. The van der Waals surface area contributed by atoms with Gasteiger partial charge >= 0.3 is 5.97 Å². The van der Waals surface area contributed by atoms with Gasteiger partial charge in [-0.3, -0.25) is 4.68 Å². The molecule has 0 aliphatic carbocycles. The van der Waals surface area contributed by atoms with Crippen LogP contribution in [0.1, 0.15) is 21.6 Å². The summed E-state index contributed by atoms with van der Waals surface area (Å²) in [6, 6.07) is 7.33. The molecule has 0 aliphatic heterocycles. The summed E-state index contributed by atoms with van der Waals surface area (Å²) in [5, 5.41) is 16.6. The van der Waals surface area contributed by atoms with E-state index in [0.29, 0.717) is 17.8 Å². The number of benzene rings is 1. The molecule has 0 radical (unpaired) electrons. The molecule has 0 unspecified atom stereocenters. The second-order valence-corrected chi connectivity index (χ2v) is 4.51. The first-order chi connectivity index (χ1) is 9.06. The first-order valence-corrected chi connectivity index (χ1v) is 6.12. The number of carboxylic acid groups (broad SMARTS) is 1. The molecule has 2 aromatic rings. The molecular weight excluding hydrogens is 242 g/mol. The third-order valence-corrected chi connectivity index (χ3v) is 2.87. The largest absolute Gasteiger partial charge is 0.478 e. The number of anilines is 1. The standard InChI is InChI=1S/C14H17N3O2/c1-10-3-4-13(12(9-10)14(18)19)15-7-5-11-6-8-17(2)16-11/h3-4,6,8-9,15H,5,7H2,1-2H3,(H,18,19). The maximum Gasteiger partial charge on any atom is 0.337 e. The van der Waals surface area contributed by atoms with Gasteiger partial charge in [0, 0.05) is 31.9 Å². The van der Waals surface area contributed by atoms with Crippen molar-refractivity contribution in [2.75, 3.05) is 11.9 Å². The van der Waals surface area contributed by atoms with Crippen molar-refractivity contribution < 1.29 is 9.90 Å². The minimum absolute atomic E-state index is 0.307. The quantitative estimate of drug-likeness (QED) is 0.862. The Balaban J connectivity index is 2.01. The average Bonchev–Trinajstić information content (AvgIpc) is 2.77. The van der Waals surface area contributed by atoms with E-state index in [1.54, 1.807) is 16.8 Å². The van der Waals surface area contributed by atoms with Crippen molar-refractivity contribution in [2.24, 2.45) is 7.05 Å². The minimum Gasteiger partial charge on any atom is -0.478 e. The molecule has 1 heterocycles. The SMILES string of the molecule is Cc1ccc(NCCc2ccn(C)n2)c(C(=O)O)c1. The fraction of sp³-hybridized carbons (Fsp3) is 0.286. The topological polar surface area (TPSA) is 67.2 Å². The van der Waals surface area contributed by atoms with Gasteiger partial charge in [0.2, 0.25) is 0 Å². The van der Waals surface area contributed by atoms with Crippen LogP contribution in [0.2, 0.25) is 0 Å². The van der Waals surface area contributed by atoms with Gasteiger partial charge in [-0.1, -0.05) is 11.6 Å². The molecule has 0 atom stereocenters. The number of carbonyl (C=O) groups is 1. The summed E-state index contributed by atoms with van der Waals surface area (Å²) in [5.41, 5.74) is 2.88. The molecule has 0 fully saturated rings. The van der Waals surface area contributed by atoms with Crippen LogP contribution in [-0.4, -0.2) is 27.4 Å². The highest BCUT2D eigenvalue weighted by molar-refractivity contribution is 5.94. The van der Waals surface area contributed by atoms with Crippen LogP contribution in [0.25, 0.3) is 0 Å². The molecule has 0 saturated heterocycles. The zero-order valence-electron chi connectivity index (χ0n) is 11.1. The van der Waals surface area contributed by atoms with Crippen molar-refractivity contribution in [1.29, 1.82) is 0 Å². The molecule has 19 heavy (non-hydrogen) atoms. The number of aromatic carboxylic acids is 1. The fourth-order valence-corrected chi connectivity index (χ4v) is 1.91. The molecule has 100 valence electrons. The van der Waals surface area contributed by atoms with Gasteiger partial charge in [0.1, 0.15) is 0 Å². The van der Waals surface area contributed by atoms with Crippen LogP contribution >= 0.6 is 0 Å². The van der Waals surface area contributed by atoms with Crippen molar-refractivity contribution in [3.05, 3.63) is 47.3 Å². The van der Waals surface area contributed by atoms with Crippen molar-refractivity contribution >= 4 is 11.7 Å². The Kier molecular flexibility index (Phi) is 3.85. The maximum atomic E-state index is 11.2. The smallest absolute Gasteiger partial charge is 0.337 e. The monoisotopic (exact) mass is 259 g/mol. The van der Waals surface area contributed by atoms with E-state index in [1.165, 1.54) is 0 Å². The van der Waals surface area contributed by atoms with E-state index in [0.717, 1.165) is 17.7 Å². The van der Waals surface area contributed by atoms with Gasteiger partial charge in [0.05, 0.1) is 11.3 Å². The number of aromatic nitrogens is 2. The zero-order valence-corrected chi connectivity index (χ0v) is 11.1. The van der Waals surface area contributed by atoms with E-state index in [2.05, 4.69) is 10.4 Å². The summed E-state index contributed by atoms with van der Waals surface area (Å²) < 4.78 is 1.75. The number of hydrogen-bond donors (Lipinski definition) is 2. The van der Waals surface area contributed by atoms with E-state index in [9.17, 15) is 4.79 Å². The average molecular weight is 259 g/mol. The van der Waals surface area contributed by atoms with Crippen LogP contribution in [0.5, 0.6) is 0 Å². The highest BCUT2D eigenvalue weighted by atomic mass is 16.4. The molecule has 0 aliphatic rings. The summed E-state index contributed by atoms with van der Waals surface area (Å²) >= 11 is 0. The summed E-state index contributed by atoms with van der Waals surface area (Å²) in [5.74, 6) is -0.913. The Morgan fingerprint density at radius 1 is 1.42 bits per heavy atom. The molecule has 5 heteroatoms. The minimum atomic E-state index is -0.913. The highest BCUT2D eigenvalue weighted by Crippen LogP contribution is 2.17. The Labute approximate surface area is 111 Å². The van der Waals surface area contributed by atoms with Gasteiger partial charge < -0.3 is 10.4 Å². The van der Waals surface area contributed by atoms with E-state index < -0.39 is 5.97 Å². The third kappa shape index (κ3) is 3.34. The lowest BCUT2D eigenvalue weighted by Gasteiger charge is -2.09. The van der Waals surface area contributed by atoms with Gasteiger partial charge in [-0.2, -0.15) is 5.10 Å². The van der Waals surface area contributed by atoms with Crippen LogP contribution in [0.4, 0.5) is 5.69 Å². The second kappa shape index (κ2) is 5.56. The Bertz CT molecular complexity index is 590. The third-order valence-electron chi connectivity index (χ3n) is 2.87. The molecule has 2 rings (SSSR count). The molecular formula is C14H17N3O2. The molecule has 0 spiro atoms. The van der Waals surface area contributed by atoms with Crippen molar-refractivity contribution in [3.8, 4) is 0 Å². The Morgan fingerprint density at radius 2 is 2.21 bits per heavy atom. The predicted molar refractivity (Wildman–Crippen MR) is 73.5 cm³/mol. The molecule has 0 bridgehead atoms. The van der Waals surface area contributed by atoms with Gasteiger partial charge in [0.15, 0.2) is 0 Å².